The van der Waals surface area contributed by atoms with E-state index in [0.717, 1.165) is 5.52 Å². The molecule has 5 heteroatoms. The van der Waals surface area contributed by atoms with Crippen molar-refractivity contribution in [3.05, 3.63) is 30.1 Å². The van der Waals surface area contributed by atoms with Gasteiger partial charge in [-0.15, -0.1) is 0 Å². The maximum absolute atomic E-state index is 9.52. The van der Waals surface area contributed by atoms with Gasteiger partial charge in [0.1, 0.15) is 5.82 Å². The number of aromatic amines is 1. The molecule has 15 heavy (non-hydrogen) atoms. The molecule has 0 bridgehead atoms. The number of fused-ring (bicyclic) bond motifs is 1. The number of imidazole rings is 1. The number of aliphatic hydroxyl groups is 2. The molecule has 0 aliphatic rings. The minimum atomic E-state index is -1.47. The molecule has 0 amide bonds. The summed E-state index contributed by atoms with van der Waals surface area (Å²) in [6.45, 7) is 0. The fraction of sp³-hybridized carbons (Fsp3) is 0.200. The Kier molecular flexibility index (Phi) is 2.37. The van der Waals surface area contributed by atoms with E-state index in [1.54, 1.807) is 18.2 Å². The molecule has 0 aliphatic carbocycles. The Labute approximate surface area is 85.6 Å². The lowest BCUT2D eigenvalue weighted by Gasteiger charge is -2.07. The first-order valence-corrected chi connectivity index (χ1v) is 4.43. The highest BCUT2D eigenvalue weighted by Gasteiger charge is 2.20. The Morgan fingerprint density at radius 3 is 2.73 bits per heavy atom. The summed E-state index contributed by atoms with van der Waals surface area (Å²) in [4.78, 5) is 6.90. The molecule has 0 fully saturated rings. The Bertz CT molecular complexity index is 482. The summed E-state index contributed by atoms with van der Waals surface area (Å²) in [7, 11) is 0. The molecule has 2 rings (SSSR count). The first-order valence-electron chi connectivity index (χ1n) is 4.43. The lowest BCUT2D eigenvalue weighted by molar-refractivity contribution is 0.0475. The van der Waals surface area contributed by atoms with Crippen LogP contribution in [0.25, 0.3) is 11.0 Å². The smallest absolute Gasteiger partial charge is 0.173 e. The maximum Gasteiger partial charge on any atom is 0.173 e. The van der Waals surface area contributed by atoms with Crippen LogP contribution in [0.2, 0.25) is 0 Å². The van der Waals surface area contributed by atoms with Gasteiger partial charge in [-0.2, -0.15) is 5.26 Å². The molecule has 2 atom stereocenters. The molecule has 5 nitrogen and oxygen atoms in total. The summed E-state index contributed by atoms with van der Waals surface area (Å²) in [5, 5.41) is 27.1. The van der Waals surface area contributed by atoms with Crippen molar-refractivity contribution in [3.8, 4) is 6.07 Å². The number of nitrogens with zero attached hydrogens (tertiary/aromatic N) is 2. The number of aliphatic hydroxyl groups excluding tert-OH is 2. The summed E-state index contributed by atoms with van der Waals surface area (Å²) in [5.74, 6) is 0.199. The zero-order valence-corrected chi connectivity index (χ0v) is 7.75. The van der Waals surface area contributed by atoms with Crippen LogP contribution in [-0.2, 0) is 0 Å². The van der Waals surface area contributed by atoms with Gasteiger partial charge in [-0.25, -0.2) is 4.98 Å². The van der Waals surface area contributed by atoms with E-state index in [4.69, 9.17) is 10.4 Å². The molecule has 2 unspecified atom stereocenters. The first kappa shape index (κ1) is 9.65. The summed E-state index contributed by atoms with van der Waals surface area (Å²) in [5.41, 5.74) is 1.45. The van der Waals surface area contributed by atoms with Gasteiger partial charge >= 0.3 is 0 Å². The number of H-pyrrole nitrogens is 1. The van der Waals surface area contributed by atoms with Gasteiger partial charge in [0.2, 0.25) is 0 Å². The SMILES string of the molecule is N#CC(O)C(O)c1nc2ccccc2[nH]1. The van der Waals surface area contributed by atoms with Crippen molar-refractivity contribution in [3.63, 3.8) is 0 Å². The van der Waals surface area contributed by atoms with E-state index < -0.39 is 12.2 Å². The lowest BCUT2D eigenvalue weighted by Crippen LogP contribution is -2.16. The van der Waals surface area contributed by atoms with E-state index in [2.05, 4.69) is 9.97 Å². The van der Waals surface area contributed by atoms with E-state index in [1.807, 2.05) is 12.1 Å². The van der Waals surface area contributed by atoms with E-state index in [1.165, 1.54) is 0 Å². The molecule has 0 radical (unpaired) electrons. The Morgan fingerprint density at radius 1 is 1.33 bits per heavy atom. The highest BCUT2D eigenvalue weighted by molar-refractivity contribution is 5.74. The molecule has 2 aromatic rings. The van der Waals surface area contributed by atoms with Crippen LogP contribution in [0, 0.1) is 11.3 Å². The van der Waals surface area contributed by atoms with E-state index in [0.29, 0.717) is 5.52 Å². The van der Waals surface area contributed by atoms with E-state index in [-0.39, 0.29) is 5.82 Å². The summed E-state index contributed by atoms with van der Waals surface area (Å²) >= 11 is 0. The molecule has 0 spiro atoms. The number of para-hydroxylation sites is 2. The standard InChI is InChI=1S/C10H9N3O2/c11-5-8(14)9(15)10-12-6-3-1-2-4-7(6)13-10/h1-4,8-9,14-15H,(H,12,13). The Hall–Kier alpha value is -1.90. The highest BCUT2D eigenvalue weighted by atomic mass is 16.3. The minimum absolute atomic E-state index is 0.199. The fourth-order valence-electron chi connectivity index (χ4n) is 1.33. The number of hydrogen-bond acceptors (Lipinski definition) is 4. The van der Waals surface area contributed by atoms with Crippen molar-refractivity contribution in [2.24, 2.45) is 0 Å². The molecule has 76 valence electrons. The van der Waals surface area contributed by atoms with Crippen LogP contribution >= 0.6 is 0 Å². The number of nitrogens with one attached hydrogen (secondary N) is 1. The summed E-state index contributed by atoms with van der Waals surface area (Å²) in [6, 6.07) is 8.78. The quantitative estimate of drug-likeness (QED) is 0.619. The largest absolute Gasteiger partial charge is 0.381 e. The van der Waals surface area contributed by atoms with Crippen molar-refractivity contribution in [2.75, 3.05) is 0 Å². The highest BCUT2D eigenvalue weighted by Crippen LogP contribution is 2.17. The average molecular weight is 203 g/mol. The van der Waals surface area contributed by atoms with Crippen LogP contribution in [0.15, 0.2) is 24.3 Å². The van der Waals surface area contributed by atoms with Gasteiger partial charge in [0, 0.05) is 0 Å². The second-order valence-electron chi connectivity index (χ2n) is 3.16. The van der Waals surface area contributed by atoms with Gasteiger partial charge in [0.25, 0.3) is 0 Å². The third kappa shape index (κ3) is 1.68. The molecular formula is C10H9N3O2. The first-order chi connectivity index (χ1) is 7.22. The zero-order valence-electron chi connectivity index (χ0n) is 7.75. The third-order valence-corrected chi connectivity index (χ3v) is 2.12. The number of hydrogen-bond donors (Lipinski definition) is 3. The molecule has 1 heterocycles. The van der Waals surface area contributed by atoms with Crippen LogP contribution in [0.4, 0.5) is 0 Å². The van der Waals surface area contributed by atoms with Crippen LogP contribution in [0.3, 0.4) is 0 Å². The van der Waals surface area contributed by atoms with Gasteiger partial charge in [-0.05, 0) is 12.1 Å². The van der Waals surface area contributed by atoms with Crippen molar-refractivity contribution in [2.45, 2.75) is 12.2 Å². The summed E-state index contributed by atoms with van der Waals surface area (Å²) in [6.07, 6.45) is -2.77. The minimum Gasteiger partial charge on any atom is -0.381 e. The third-order valence-electron chi connectivity index (χ3n) is 2.12. The number of rotatable bonds is 2. The van der Waals surface area contributed by atoms with Gasteiger partial charge in [-0.1, -0.05) is 12.1 Å². The van der Waals surface area contributed by atoms with E-state index in [9.17, 15) is 5.11 Å². The van der Waals surface area contributed by atoms with Crippen LogP contribution < -0.4 is 0 Å². The van der Waals surface area contributed by atoms with Crippen LogP contribution in [0.1, 0.15) is 11.9 Å². The Balaban J connectivity index is 2.41. The van der Waals surface area contributed by atoms with Crippen molar-refractivity contribution < 1.29 is 10.2 Å². The van der Waals surface area contributed by atoms with E-state index >= 15 is 0 Å². The summed E-state index contributed by atoms with van der Waals surface area (Å²) < 4.78 is 0. The van der Waals surface area contributed by atoms with Crippen molar-refractivity contribution in [1.82, 2.24) is 9.97 Å². The Morgan fingerprint density at radius 2 is 2.07 bits per heavy atom. The maximum atomic E-state index is 9.52. The van der Waals surface area contributed by atoms with Crippen molar-refractivity contribution in [1.29, 1.82) is 5.26 Å². The van der Waals surface area contributed by atoms with Gasteiger partial charge in [-0.3, -0.25) is 0 Å². The van der Waals surface area contributed by atoms with Crippen LogP contribution in [0.5, 0.6) is 0 Å². The zero-order chi connectivity index (χ0) is 10.8. The number of nitriles is 1. The molecule has 1 aromatic carbocycles. The van der Waals surface area contributed by atoms with Gasteiger partial charge < -0.3 is 15.2 Å². The predicted octanol–water partition coefficient (Wildman–Crippen LogP) is 0.481. The topological polar surface area (TPSA) is 92.9 Å². The molecule has 1 aromatic heterocycles. The van der Waals surface area contributed by atoms with Crippen LogP contribution in [-0.4, -0.2) is 26.3 Å². The average Bonchev–Trinajstić information content (AvgIpc) is 2.70. The number of benzene rings is 1. The molecule has 3 N–H and O–H groups in total. The monoisotopic (exact) mass is 203 g/mol. The van der Waals surface area contributed by atoms with Gasteiger partial charge in [0.05, 0.1) is 17.1 Å². The lowest BCUT2D eigenvalue weighted by atomic mass is 10.2. The molecular weight excluding hydrogens is 194 g/mol. The second kappa shape index (κ2) is 3.69. The molecule has 0 saturated heterocycles. The normalized spacial score (nSPS) is 14.7. The molecule has 0 saturated carbocycles. The molecule has 0 aliphatic heterocycles. The second-order valence-corrected chi connectivity index (χ2v) is 3.16. The fourth-order valence-corrected chi connectivity index (χ4v) is 1.33. The van der Waals surface area contributed by atoms with Gasteiger partial charge in [0.15, 0.2) is 12.2 Å². The predicted molar refractivity (Wildman–Crippen MR) is 52.7 cm³/mol. The van der Waals surface area contributed by atoms with Crippen molar-refractivity contribution >= 4 is 11.0 Å². The number of aromatic nitrogens is 2.